The maximum atomic E-state index is 12.8. The Bertz CT molecular complexity index is 903. The molecule has 2 aliphatic rings. The molecule has 7 heteroatoms. The number of amides is 1. The summed E-state index contributed by atoms with van der Waals surface area (Å²) >= 11 is 0. The van der Waals surface area contributed by atoms with Crippen molar-refractivity contribution in [2.24, 2.45) is 11.3 Å². The minimum atomic E-state index is -0.976. The van der Waals surface area contributed by atoms with E-state index in [9.17, 15) is 19.8 Å². The third-order valence-electron chi connectivity index (χ3n) is 8.03. The summed E-state index contributed by atoms with van der Waals surface area (Å²) in [6, 6.07) is 7.64. The molecule has 202 valence electrons. The van der Waals surface area contributed by atoms with Crippen LogP contribution < -0.4 is 5.32 Å². The zero-order chi connectivity index (χ0) is 26.6. The quantitative estimate of drug-likeness (QED) is 0.448. The number of benzene rings is 1. The van der Waals surface area contributed by atoms with Gasteiger partial charge in [0.2, 0.25) is 0 Å². The van der Waals surface area contributed by atoms with Crippen molar-refractivity contribution in [1.29, 1.82) is 0 Å². The Labute approximate surface area is 216 Å². The van der Waals surface area contributed by atoms with Crippen LogP contribution in [0, 0.1) is 11.3 Å². The fourth-order valence-corrected chi connectivity index (χ4v) is 6.42. The van der Waals surface area contributed by atoms with Crippen LogP contribution in [0.25, 0.3) is 0 Å². The summed E-state index contributed by atoms with van der Waals surface area (Å²) in [5.74, 6) is -1.58. The lowest BCUT2D eigenvalue weighted by Gasteiger charge is -2.44. The summed E-state index contributed by atoms with van der Waals surface area (Å²) in [4.78, 5) is 27.4. The molecule has 2 saturated carbocycles. The number of aliphatic hydroxyl groups is 1. The summed E-state index contributed by atoms with van der Waals surface area (Å²) in [5, 5.41) is 25.3. The molecule has 0 heterocycles. The maximum Gasteiger partial charge on any atom is 0.407 e. The fourth-order valence-electron chi connectivity index (χ4n) is 6.42. The monoisotopic (exact) mass is 502 g/mol. The fraction of sp³-hybridized carbons (Fsp3) is 0.724. The summed E-state index contributed by atoms with van der Waals surface area (Å²) < 4.78 is 5.44. The van der Waals surface area contributed by atoms with Crippen molar-refractivity contribution < 1.29 is 24.5 Å². The van der Waals surface area contributed by atoms with Crippen molar-refractivity contribution in [3.63, 3.8) is 0 Å². The largest absolute Gasteiger partial charge is 0.481 e. The van der Waals surface area contributed by atoms with Crippen molar-refractivity contribution in [3.8, 4) is 0 Å². The van der Waals surface area contributed by atoms with Crippen molar-refractivity contribution >= 4 is 12.1 Å². The predicted molar refractivity (Wildman–Crippen MR) is 141 cm³/mol. The summed E-state index contributed by atoms with van der Waals surface area (Å²) in [6.45, 7) is 6.47. The number of nitrogens with one attached hydrogen (secondary N) is 1. The Hall–Kier alpha value is -2.12. The van der Waals surface area contributed by atoms with E-state index in [2.05, 4.69) is 10.2 Å². The molecule has 0 spiro atoms. The number of alkyl carbamates (subject to hydrolysis) is 1. The van der Waals surface area contributed by atoms with E-state index in [1.54, 1.807) is 0 Å². The van der Waals surface area contributed by atoms with E-state index in [-0.39, 0.29) is 12.5 Å². The minimum absolute atomic E-state index is 0.0947. The molecule has 1 aromatic carbocycles. The first-order chi connectivity index (χ1) is 16.9. The van der Waals surface area contributed by atoms with Gasteiger partial charge in [-0.1, -0.05) is 56.4 Å². The second kappa shape index (κ2) is 11.5. The van der Waals surface area contributed by atoms with Crippen LogP contribution >= 0.6 is 0 Å². The van der Waals surface area contributed by atoms with Crippen molar-refractivity contribution in [1.82, 2.24) is 10.2 Å². The molecular formula is C29H46N2O5. The highest BCUT2D eigenvalue weighted by Gasteiger charge is 2.46. The van der Waals surface area contributed by atoms with Gasteiger partial charge >= 0.3 is 12.1 Å². The SMILES string of the molecule is CN(C)C[C@@H]1CCCC[C@@]1(O)c1cccc(C(C(=O)O)C2(CNC(=O)OC(C)(C)C)CCCCC2)c1. The van der Waals surface area contributed by atoms with E-state index in [1.807, 2.05) is 59.1 Å². The summed E-state index contributed by atoms with van der Waals surface area (Å²) in [5.41, 5.74) is -0.698. The van der Waals surface area contributed by atoms with Gasteiger partial charge in [0.05, 0.1) is 11.5 Å². The first-order valence-electron chi connectivity index (χ1n) is 13.5. The van der Waals surface area contributed by atoms with Gasteiger partial charge in [-0.3, -0.25) is 4.79 Å². The maximum absolute atomic E-state index is 12.8. The van der Waals surface area contributed by atoms with Crippen molar-refractivity contribution in [2.75, 3.05) is 27.2 Å². The van der Waals surface area contributed by atoms with Crippen LogP contribution in [0.4, 0.5) is 4.79 Å². The molecular weight excluding hydrogens is 456 g/mol. The molecule has 2 fully saturated rings. The number of rotatable bonds is 8. The third-order valence-corrected chi connectivity index (χ3v) is 8.03. The predicted octanol–water partition coefficient (Wildman–Crippen LogP) is 5.27. The van der Waals surface area contributed by atoms with Crippen LogP contribution in [0.1, 0.15) is 95.6 Å². The highest BCUT2D eigenvalue weighted by Crippen LogP contribution is 2.49. The van der Waals surface area contributed by atoms with E-state index in [1.165, 1.54) is 0 Å². The van der Waals surface area contributed by atoms with Crippen LogP contribution in [0.5, 0.6) is 0 Å². The van der Waals surface area contributed by atoms with E-state index in [0.717, 1.165) is 63.5 Å². The number of aliphatic carboxylic acids is 1. The number of carboxylic acid groups (broad SMARTS) is 1. The van der Waals surface area contributed by atoms with Gasteiger partial charge in [-0.15, -0.1) is 0 Å². The second-order valence-corrected chi connectivity index (χ2v) is 12.3. The first kappa shape index (κ1) is 28.5. The first-order valence-corrected chi connectivity index (χ1v) is 13.5. The number of hydrogen-bond acceptors (Lipinski definition) is 5. The molecule has 2 aliphatic carbocycles. The topological polar surface area (TPSA) is 99.1 Å². The lowest BCUT2D eigenvalue weighted by molar-refractivity contribution is -0.143. The molecule has 3 rings (SSSR count). The van der Waals surface area contributed by atoms with Crippen LogP contribution in [0.15, 0.2) is 24.3 Å². The number of ether oxygens (including phenoxy) is 1. The molecule has 1 aromatic rings. The highest BCUT2D eigenvalue weighted by molar-refractivity contribution is 5.78. The third kappa shape index (κ3) is 6.80. The van der Waals surface area contributed by atoms with Crippen molar-refractivity contribution in [3.05, 3.63) is 35.4 Å². The van der Waals surface area contributed by atoms with E-state index in [4.69, 9.17) is 4.74 Å². The Morgan fingerprint density at radius 3 is 2.39 bits per heavy atom. The van der Waals surface area contributed by atoms with E-state index >= 15 is 0 Å². The van der Waals surface area contributed by atoms with Gasteiger partial charge in [0.15, 0.2) is 0 Å². The average Bonchev–Trinajstić information content (AvgIpc) is 2.79. The number of hydrogen-bond donors (Lipinski definition) is 3. The van der Waals surface area contributed by atoms with Crippen LogP contribution in [-0.4, -0.2) is 60.0 Å². The normalized spacial score (nSPS) is 25.2. The zero-order valence-corrected chi connectivity index (χ0v) is 22.8. The van der Waals surface area contributed by atoms with Gasteiger partial charge < -0.3 is 25.2 Å². The minimum Gasteiger partial charge on any atom is -0.481 e. The molecule has 0 aliphatic heterocycles. The number of carboxylic acids is 1. The zero-order valence-electron chi connectivity index (χ0n) is 22.8. The van der Waals surface area contributed by atoms with Gasteiger partial charge in [0.1, 0.15) is 5.60 Å². The lowest BCUT2D eigenvalue weighted by atomic mass is 9.63. The molecule has 0 radical (unpaired) electrons. The molecule has 0 bridgehead atoms. The number of nitrogens with zero attached hydrogens (tertiary/aromatic N) is 1. The van der Waals surface area contributed by atoms with Gasteiger partial charge in [0.25, 0.3) is 0 Å². The van der Waals surface area contributed by atoms with Crippen LogP contribution in [0.3, 0.4) is 0 Å². The van der Waals surface area contributed by atoms with Gasteiger partial charge in [-0.25, -0.2) is 4.79 Å². The van der Waals surface area contributed by atoms with Gasteiger partial charge in [-0.05, 0) is 71.7 Å². The average molecular weight is 503 g/mol. The van der Waals surface area contributed by atoms with Crippen LogP contribution in [-0.2, 0) is 15.1 Å². The molecule has 0 saturated heterocycles. The Morgan fingerprint density at radius 2 is 1.78 bits per heavy atom. The molecule has 36 heavy (non-hydrogen) atoms. The Kier molecular flexibility index (Phi) is 9.10. The standard InChI is InChI=1S/C29H46N2O5/c1-27(2,3)36-26(34)30-20-28(15-8-6-9-16-28)24(25(32)33)21-12-11-14-22(18-21)29(35)17-10-7-13-23(29)19-31(4)5/h11-12,14,18,23-24,35H,6-10,13,15-17,19-20H2,1-5H3,(H,30,34)(H,32,33)/t23-,24?,29+/m0/s1. The summed E-state index contributed by atoms with van der Waals surface area (Å²) in [7, 11) is 4.05. The molecule has 1 amide bonds. The molecule has 1 unspecified atom stereocenters. The second-order valence-electron chi connectivity index (χ2n) is 12.3. The van der Waals surface area contributed by atoms with Gasteiger partial charge in [-0.2, -0.15) is 0 Å². The molecule has 3 N–H and O–H groups in total. The highest BCUT2D eigenvalue weighted by atomic mass is 16.6. The van der Waals surface area contributed by atoms with E-state index < -0.39 is 34.6 Å². The Morgan fingerprint density at radius 1 is 1.11 bits per heavy atom. The number of carbonyl (C=O) groups is 2. The molecule has 7 nitrogen and oxygen atoms in total. The number of carbonyl (C=O) groups excluding carboxylic acids is 1. The smallest absolute Gasteiger partial charge is 0.407 e. The van der Waals surface area contributed by atoms with Crippen LogP contribution in [0.2, 0.25) is 0 Å². The van der Waals surface area contributed by atoms with Gasteiger partial charge in [0, 0.05) is 24.4 Å². The Balaban J connectivity index is 1.95. The lowest BCUT2D eigenvalue weighted by Crippen LogP contribution is -2.46. The van der Waals surface area contributed by atoms with E-state index in [0.29, 0.717) is 12.0 Å². The molecule has 0 aromatic heterocycles. The summed E-state index contributed by atoms with van der Waals surface area (Å²) in [6.07, 6.45) is 7.51. The molecule has 3 atom stereocenters. The van der Waals surface area contributed by atoms with Crippen molar-refractivity contribution in [2.45, 2.75) is 95.7 Å².